The summed E-state index contributed by atoms with van der Waals surface area (Å²) < 4.78 is 8.87. The minimum Gasteiger partial charge on any atom is -0.467 e. The lowest BCUT2D eigenvalue weighted by Crippen LogP contribution is -1.98. The Hall–Kier alpha value is -2.61. The second kappa shape index (κ2) is 4.74. The first-order valence-corrected chi connectivity index (χ1v) is 7.21. The number of anilines is 1. The number of aromatic nitrogens is 5. The Morgan fingerprint density at radius 2 is 2.33 bits per heavy atom. The number of imidazole rings is 1. The fraction of sp³-hybridized carbons (Fsp3) is 0.154. The van der Waals surface area contributed by atoms with Crippen LogP contribution in [-0.2, 0) is 13.6 Å². The van der Waals surface area contributed by atoms with Crippen LogP contribution in [0.2, 0.25) is 0 Å². The molecule has 21 heavy (non-hydrogen) atoms. The second-order valence-corrected chi connectivity index (χ2v) is 5.54. The zero-order valence-corrected chi connectivity index (χ0v) is 12.0. The third kappa shape index (κ3) is 2.19. The average molecular weight is 300 g/mol. The number of aryl methyl sites for hydroxylation is 1. The summed E-state index contributed by atoms with van der Waals surface area (Å²) in [5.74, 6) is 0.871. The Bertz CT molecular complexity index is 872. The number of nitrogens with zero attached hydrogens (tertiary/aromatic N) is 5. The van der Waals surface area contributed by atoms with E-state index in [4.69, 9.17) is 4.42 Å². The molecule has 4 heterocycles. The predicted molar refractivity (Wildman–Crippen MR) is 79.1 cm³/mol. The molecule has 0 aliphatic heterocycles. The van der Waals surface area contributed by atoms with E-state index in [-0.39, 0.29) is 0 Å². The summed E-state index contributed by atoms with van der Waals surface area (Å²) in [6.07, 6.45) is 7.22. The number of rotatable bonds is 4. The molecule has 0 radical (unpaired) electrons. The van der Waals surface area contributed by atoms with Gasteiger partial charge in [0, 0.05) is 18.8 Å². The van der Waals surface area contributed by atoms with Crippen LogP contribution in [0.3, 0.4) is 0 Å². The highest BCUT2D eigenvalue weighted by molar-refractivity contribution is 7.20. The van der Waals surface area contributed by atoms with Crippen LogP contribution in [0.15, 0.2) is 41.4 Å². The van der Waals surface area contributed by atoms with Gasteiger partial charge >= 0.3 is 0 Å². The summed E-state index contributed by atoms with van der Waals surface area (Å²) in [5.41, 5.74) is 1.92. The third-order valence-electron chi connectivity index (χ3n) is 3.08. The lowest BCUT2D eigenvalue weighted by molar-refractivity contribution is 0.518. The summed E-state index contributed by atoms with van der Waals surface area (Å²) in [4.78, 5) is 5.23. The molecule has 0 aliphatic rings. The largest absolute Gasteiger partial charge is 0.467 e. The monoisotopic (exact) mass is 300 g/mol. The zero-order valence-electron chi connectivity index (χ0n) is 11.2. The van der Waals surface area contributed by atoms with Gasteiger partial charge in [0.1, 0.15) is 5.76 Å². The Morgan fingerprint density at radius 3 is 3.10 bits per heavy atom. The van der Waals surface area contributed by atoms with Gasteiger partial charge in [-0.1, -0.05) is 11.3 Å². The molecule has 1 N–H and O–H groups in total. The minimum absolute atomic E-state index is 0.603. The molecular formula is C13H12N6OS. The van der Waals surface area contributed by atoms with Crippen molar-refractivity contribution in [2.75, 3.05) is 5.32 Å². The van der Waals surface area contributed by atoms with Crippen LogP contribution in [-0.4, -0.2) is 24.4 Å². The molecule has 0 unspecified atom stereocenters. The van der Waals surface area contributed by atoms with Crippen molar-refractivity contribution in [2.24, 2.45) is 7.05 Å². The molecule has 0 bridgehead atoms. The fourth-order valence-corrected chi connectivity index (χ4v) is 2.86. The first kappa shape index (κ1) is 12.2. The molecule has 0 spiro atoms. The maximum absolute atomic E-state index is 5.29. The first-order valence-electron chi connectivity index (χ1n) is 6.39. The highest BCUT2D eigenvalue weighted by atomic mass is 32.1. The second-order valence-electron chi connectivity index (χ2n) is 4.58. The minimum atomic E-state index is 0.603. The smallest absolute Gasteiger partial charge is 0.214 e. The summed E-state index contributed by atoms with van der Waals surface area (Å²) >= 11 is 1.50. The lowest BCUT2D eigenvalue weighted by atomic mass is 10.3. The molecule has 4 rings (SSSR count). The highest BCUT2D eigenvalue weighted by Gasteiger charge is 2.12. The Kier molecular flexibility index (Phi) is 2.74. The molecule has 7 nitrogen and oxygen atoms in total. The number of fused-ring (bicyclic) bond motifs is 1. The van der Waals surface area contributed by atoms with Crippen LogP contribution in [0.1, 0.15) is 5.76 Å². The number of nitrogens with one attached hydrogen (secondary N) is 1. The topological polar surface area (TPSA) is 73.2 Å². The summed E-state index contributed by atoms with van der Waals surface area (Å²) in [7, 11) is 1.89. The molecule has 4 aromatic rings. The van der Waals surface area contributed by atoms with Crippen LogP contribution in [0.5, 0.6) is 0 Å². The van der Waals surface area contributed by atoms with Gasteiger partial charge in [0.15, 0.2) is 0 Å². The molecule has 0 saturated carbocycles. The Morgan fingerprint density at radius 1 is 1.38 bits per heavy atom. The summed E-state index contributed by atoms with van der Waals surface area (Å²) in [6, 6.07) is 3.79. The van der Waals surface area contributed by atoms with Crippen LogP contribution >= 0.6 is 11.3 Å². The van der Waals surface area contributed by atoms with Crippen molar-refractivity contribution in [1.29, 1.82) is 0 Å². The molecule has 106 valence electrons. The van der Waals surface area contributed by atoms with Crippen LogP contribution in [0.4, 0.5) is 5.13 Å². The van der Waals surface area contributed by atoms with E-state index in [0.29, 0.717) is 6.54 Å². The fourth-order valence-electron chi connectivity index (χ4n) is 2.09. The SMILES string of the molecule is Cn1cc(-c2cnc3sc(NCc4ccco4)nn23)cn1. The number of hydrogen-bond acceptors (Lipinski definition) is 6. The quantitative estimate of drug-likeness (QED) is 0.626. The maximum atomic E-state index is 5.29. The zero-order chi connectivity index (χ0) is 14.2. The van der Waals surface area contributed by atoms with Gasteiger partial charge in [-0.25, -0.2) is 9.50 Å². The third-order valence-corrected chi connectivity index (χ3v) is 3.96. The van der Waals surface area contributed by atoms with Crippen molar-refractivity contribution in [1.82, 2.24) is 24.4 Å². The molecule has 8 heteroatoms. The van der Waals surface area contributed by atoms with Crippen molar-refractivity contribution in [3.05, 3.63) is 42.7 Å². The molecule has 0 aliphatic carbocycles. The van der Waals surface area contributed by atoms with E-state index in [9.17, 15) is 0 Å². The van der Waals surface area contributed by atoms with Crippen molar-refractivity contribution in [3.8, 4) is 11.3 Å². The normalized spacial score (nSPS) is 11.3. The highest BCUT2D eigenvalue weighted by Crippen LogP contribution is 2.25. The van der Waals surface area contributed by atoms with Gasteiger partial charge in [0.05, 0.1) is 30.9 Å². The van der Waals surface area contributed by atoms with E-state index in [1.165, 1.54) is 11.3 Å². The van der Waals surface area contributed by atoms with Crippen molar-refractivity contribution >= 4 is 21.4 Å². The van der Waals surface area contributed by atoms with E-state index < -0.39 is 0 Å². The van der Waals surface area contributed by atoms with Crippen molar-refractivity contribution in [3.63, 3.8) is 0 Å². The van der Waals surface area contributed by atoms with Gasteiger partial charge in [-0.05, 0) is 12.1 Å². The predicted octanol–water partition coefficient (Wildman–Crippen LogP) is 2.40. The van der Waals surface area contributed by atoms with Crippen molar-refractivity contribution in [2.45, 2.75) is 6.54 Å². The van der Waals surface area contributed by atoms with E-state index >= 15 is 0 Å². The van der Waals surface area contributed by atoms with E-state index in [1.807, 2.05) is 36.1 Å². The van der Waals surface area contributed by atoms with E-state index in [0.717, 1.165) is 27.1 Å². The molecule has 0 aromatic carbocycles. The first-order chi connectivity index (χ1) is 10.3. The maximum Gasteiger partial charge on any atom is 0.214 e. The van der Waals surface area contributed by atoms with Crippen LogP contribution in [0, 0.1) is 0 Å². The molecular weight excluding hydrogens is 288 g/mol. The standard InChI is InChI=1S/C13H12N6OS/c1-18-8-9(5-16-18)11-7-15-13-19(11)17-12(21-13)14-6-10-3-2-4-20-10/h2-5,7-8H,6H2,1H3,(H,14,17). The average Bonchev–Trinajstić information content (AvgIpc) is 3.20. The van der Waals surface area contributed by atoms with Crippen molar-refractivity contribution < 1.29 is 4.42 Å². The van der Waals surface area contributed by atoms with Gasteiger partial charge in [-0.15, -0.1) is 5.10 Å². The lowest BCUT2D eigenvalue weighted by Gasteiger charge is -1.97. The Balaban J connectivity index is 1.63. The number of hydrogen-bond donors (Lipinski definition) is 1. The van der Waals surface area contributed by atoms with Gasteiger partial charge in [-0.3, -0.25) is 4.68 Å². The van der Waals surface area contributed by atoms with Crippen LogP contribution < -0.4 is 5.32 Å². The Labute approximate surface area is 123 Å². The molecule has 0 atom stereocenters. The van der Waals surface area contributed by atoms with Gasteiger partial charge in [-0.2, -0.15) is 5.10 Å². The molecule has 4 aromatic heterocycles. The number of furan rings is 1. The molecule has 0 saturated heterocycles. The molecule has 0 fully saturated rings. The summed E-state index contributed by atoms with van der Waals surface area (Å²) in [6.45, 7) is 0.603. The molecule has 0 amide bonds. The van der Waals surface area contributed by atoms with Gasteiger partial charge in [0.2, 0.25) is 10.1 Å². The van der Waals surface area contributed by atoms with Gasteiger partial charge < -0.3 is 9.73 Å². The van der Waals surface area contributed by atoms with E-state index in [2.05, 4.69) is 20.5 Å². The van der Waals surface area contributed by atoms with Gasteiger partial charge in [0.25, 0.3) is 0 Å². The van der Waals surface area contributed by atoms with Crippen LogP contribution in [0.25, 0.3) is 16.2 Å². The summed E-state index contributed by atoms with van der Waals surface area (Å²) in [5, 5.41) is 12.8. The van der Waals surface area contributed by atoms with E-state index in [1.54, 1.807) is 17.1 Å².